The summed E-state index contributed by atoms with van der Waals surface area (Å²) in [6.45, 7) is 0.530. The maximum Gasteiger partial charge on any atom is 0.303 e. The molecule has 0 bridgehead atoms. The van der Waals surface area contributed by atoms with Gasteiger partial charge in [-0.1, -0.05) is 30.3 Å². The number of carboxylic acids is 1. The lowest BCUT2D eigenvalue weighted by atomic mass is 10.2. The number of aliphatic carboxylic acids is 1. The Morgan fingerprint density at radius 2 is 2.00 bits per heavy atom. The fourth-order valence-corrected chi connectivity index (χ4v) is 4.83. The fraction of sp³-hybridized carbons (Fsp3) is 0.300. The van der Waals surface area contributed by atoms with Crippen LogP contribution in [0.15, 0.2) is 45.7 Å². The first-order chi connectivity index (χ1) is 14.1. The average molecular weight is 429 g/mol. The molecule has 0 aliphatic rings. The number of unbranched alkanes of at least 4 members (excludes halogenated alkanes) is 2. The van der Waals surface area contributed by atoms with E-state index in [0.29, 0.717) is 34.1 Å². The molecule has 0 atom stereocenters. The second kappa shape index (κ2) is 8.79. The van der Waals surface area contributed by atoms with E-state index in [2.05, 4.69) is 9.97 Å². The summed E-state index contributed by atoms with van der Waals surface area (Å²) >= 11 is 2.89. The fourth-order valence-electron chi connectivity index (χ4n) is 3.16. The molecular weight excluding hydrogens is 408 g/mol. The van der Waals surface area contributed by atoms with Crippen molar-refractivity contribution in [2.75, 3.05) is 0 Å². The van der Waals surface area contributed by atoms with Gasteiger partial charge >= 0.3 is 5.97 Å². The van der Waals surface area contributed by atoms with Gasteiger partial charge in [-0.15, -0.1) is 11.3 Å². The SMILES string of the molecule is O=C(O)CCCCCn1c(SCc2nc3ccccc3[nH]2)nc2ccsc2c1=O. The highest BCUT2D eigenvalue weighted by atomic mass is 32.2. The number of imidazole rings is 1. The number of hydrogen-bond donors (Lipinski definition) is 2. The molecule has 0 saturated carbocycles. The summed E-state index contributed by atoms with van der Waals surface area (Å²) < 4.78 is 2.37. The smallest absolute Gasteiger partial charge is 0.303 e. The largest absolute Gasteiger partial charge is 0.481 e. The van der Waals surface area contributed by atoms with E-state index in [4.69, 9.17) is 10.1 Å². The number of aromatic nitrogens is 4. The van der Waals surface area contributed by atoms with Gasteiger partial charge in [0.25, 0.3) is 5.56 Å². The molecule has 0 unspecified atom stereocenters. The third-order valence-electron chi connectivity index (χ3n) is 4.58. The van der Waals surface area contributed by atoms with Crippen LogP contribution in [0.1, 0.15) is 31.5 Å². The standard InChI is InChI=1S/C20H20N4O3S2/c25-17(26)8-2-1-5-10-24-19(27)18-15(9-11-28-18)23-20(24)29-12-16-21-13-6-3-4-7-14(13)22-16/h3-4,6-7,9,11H,1-2,5,8,10,12H2,(H,21,22)(H,25,26). The van der Waals surface area contributed by atoms with Crippen LogP contribution < -0.4 is 5.56 Å². The molecule has 3 heterocycles. The van der Waals surface area contributed by atoms with E-state index in [1.165, 1.54) is 23.1 Å². The lowest BCUT2D eigenvalue weighted by molar-refractivity contribution is -0.137. The Morgan fingerprint density at radius 1 is 1.14 bits per heavy atom. The number of benzene rings is 1. The highest BCUT2D eigenvalue weighted by molar-refractivity contribution is 7.98. The zero-order valence-electron chi connectivity index (χ0n) is 15.6. The van der Waals surface area contributed by atoms with Gasteiger partial charge < -0.3 is 10.1 Å². The number of thioether (sulfide) groups is 1. The van der Waals surface area contributed by atoms with E-state index in [1.54, 1.807) is 4.57 Å². The van der Waals surface area contributed by atoms with Crippen molar-refractivity contribution < 1.29 is 9.90 Å². The van der Waals surface area contributed by atoms with Gasteiger partial charge in [-0.2, -0.15) is 0 Å². The molecule has 7 nitrogen and oxygen atoms in total. The molecule has 0 fully saturated rings. The number of aromatic amines is 1. The minimum atomic E-state index is -0.786. The number of nitrogens with zero attached hydrogens (tertiary/aromatic N) is 3. The molecule has 0 aliphatic carbocycles. The molecule has 0 aliphatic heterocycles. The number of fused-ring (bicyclic) bond motifs is 2. The molecule has 0 radical (unpaired) electrons. The van der Waals surface area contributed by atoms with Crippen LogP contribution in [0.4, 0.5) is 0 Å². The number of para-hydroxylation sites is 2. The third kappa shape index (κ3) is 4.51. The van der Waals surface area contributed by atoms with E-state index in [0.717, 1.165) is 29.7 Å². The number of nitrogens with one attached hydrogen (secondary N) is 1. The molecule has 0 spiro atoms. The Balaban J connectivity index is 1.53. The van der Waals surface area contributed by atoms with E-state index >= 15 is 0 Å². The van der Waals surface area contributed by atoms with Crippen molar-refractivity contribution in [1.29, 1.82) is 0 Å². The van der Waals surface area contributed by atoms with E-state index in [-0.39, 0.29) is 12.0 Å². The molecule has 9 heteroatoms. The van der Waals surface area contributed by atoms with Gasteiger partial charge in [0.1, 0.15) is 10.5 Å². The maximum atomic E-state index is 12.9. The van der Waals surface area contributed by atoms with Crippen LogP contribution >= 0.6 is 23.1 Å². The summed E-state index contributed by atoms with van der Waals surface area (Å²) in [5.41, 5.74) is 2.59. The third-order valence-corrected chi connectivity index (χ3v) is 6.46. The lowest BCUT2D eigenvalue weighted by Crippen LogP contribution is -2.22. The quantitative estimate of drug-likeness (QED) is 0.235. The minimum Gasteiger partial charge on any atom is -0.481 e. The Morgan fingerprint density at radius 3 is 2.83 bits per heavy atom. The topological polar surface area (TPSA) is 101 Å². The van der Waals surface area contributed by atoms with Gasteiger partial charge in [0, 0.05) is 13.0 Å². The van der Waals surface area contributed by atoms with Crippen molar-refractivity contribution in [3.05, 3.63) is 51.9 Å². The predicted octanol–water partition coefficient (Wildman–Crippen LogP) is 4.27. The van der Waals surface area contributed by atoms with Crippen molar-refractivity contribution in [2.45, 2.75) is 43.1 Å². The summed E-state index contributed by atoms with van der Waals surface area (Å²) in [6.07, 6.45) is 2.27. The van der Waals surface area contributed by atoms with Gasteiger partial charge in [-0.05, 0) is 36.4 Å². The average Bonchev–Trinajstić information content (AvgIpc) is 3.33. The molecule has 3 aromatic heterocycles. The molecule has 150 valence electrons. The molecule has 2 N–H and O–H groups in total. The van der Waals surface area contributed by atoms with Gasteiger partial charge in [-0.3, -0.25) is 14.2 Å². The van der Waals surface area contributed by atoms with Crippen molar-refractivity contribution >= 4 is 50.3 Å². The monoisotopic (exact) mass is 428 g/mol. The molecule has 1 aromatic carbocycles. The zero-order valence-corrected chi connectivity index (χ0v) is 17.3. The summed E-state index contributed by atoms with van der Waals surface area (Å²) in [5, 5.41) is 11.3. The van der Waals surface area contributed by atoms with Crippen LogP contribution in [0.2, 0.25) is 0 Å². The molecule has 29 heavy (non-hydrogen) atoms. The first-order valence-corrected chi connectivity index (χ1v) is 11.2. The normalized spacial score (nSPS) is 11.4. The van der Waals surface area contributed by atoms with Crippen LogP contribution in [0.5, 0.6) is 0 Å². The number of rotatable bonds is 9. The molecule has 0 saturated heterocycles. The van der Waals surface area contributed by atoms with E-state index in [9.17, 15) is 9.59 Å². The molecule has 4 aromatic rings. The highest BCUT2D eigenvalue weighted by Crippen LogP contribution is 2.24. The molecular formula is C20H20N4O3S2. The van der Waals surface area contributed by atoms with Crippen LogP contribution in [0, 0.1) is 0 Å². The highest BCUT2D eigenvalue weighted by Gasteiger charge is 2.14. The minimum absolute atomic E-state index is 0.0321. The van der Waals surface area contributed by atoms with Crippen LogP contribution in [0.3, 0.4) is 0 Å². The number of carboxylic acid groups (broad SMARTS) is 1. The second-order valence-electron chi connectivity index (χ2n) is 6.68. The van der Waals surface area contributed by atoms with Crippen molar-refractivity contribution in [2.24, 2.45) is 0 Å². The Kier molecular flexibility index (Phi) is 5.96. The summed E-state index contributed by atoms with van der Waals surface area (Å²) in [5.74, 6) is 0.630. The van der Waals surface area contributed by atoms with Crippen LogP contribution in [-0.4, -0.2) is 30.6 Å². The van der Waals surface area contributed by atoms with Crippen molar-refractivity contribution in [3.63, 3.8) is 0 Å². The van der Waals surface area contributed by atoms with Crippen LogP contribution in [0.25, 0.3) is 21.3 Å². The Labute approximate surface area is 174 Å². The van der Waals surface area contributed by atoms with Gasteiger partial charge in [0.05, 0.1) is 22.3 Å². The lowest BCUT2D eigenvalue weighted by Gasteiger charge is -2.11. The van der Waals surface area contributed by atoms with Gasteiger partial charge in [-0.25, -0.2) is 9.97 Å². The number of H-pyrrole nitrogens is 1. The Hall–Kier alpha value is -2.65. The number of hydrogen-bond acceptors (Lipinski definition) is 6. The number of carbonyl (C=O) groups is 1. The Bertz CT molecular complexity index is 1180. The number of thiophene rings is 1. The van der Waals surface area contributed by atoms with Crippen molar-refractivity contribution in [1.82, 2.24) is 19.5 Å². The molecule has 0 amide bonds. The summed E-state index contributed by atoms with van der Waals surface area (Å²) in [4.78, 5) is 36.2. The zero-order chi connectivity index (χ0) is 20.2. The second-order valence-corrected chi connectivity index (χ2v) is 8.54. The van der Waals surface area contributed by atoms with E-state index in [1.807, 2.05) is 35.7 Å². The molecule has 4 rings (SSSR count). The summed E-state index contributed by atoms with van der Waals surface area (Å²) in [6, 6.07) is 9.73. The summed E-state index contributed by atoms with van der Waals surface area (Å²) in [7, 11) is 0. The first kappa shape index (κ1) is 19.7. The van der Waals surface area contributed by atoms with E-state index < -0.39 is 5.97 Å². The van der Waals surface area contributed by atoms with Gasteiger partial charge in [0.2, 0.25) is 0 Å². The van der Waals surface area contributed by atoms with Gasteiger partial charge in [0.15, 0.2) is 5.16 Å². The first-order valence-electron chi connectivity index (χ1n) is 9.38. The maximum absolute atomic E-state index is 12.9. The van der Waals surface area contributed by atoms with Crippen molar-refractivity contribution in [3.8, 4) is 0 Å². The van der Waals surface area contributed by atoms with Crippen LogP contribution in [-0.2, 0) is 17.1 Å². The predicted molar refractivity (Wildman–Crippen MR) is 116 cm³/mol.